The van der Waals surface area contributed by atoms with Crippen molar-refractivity contribution in [2.24, 2.45) is 5.73 Å². The third-order valence-electron chi connectivity index (χ3n) is 2.26. The number of nitrogens with two attached hydrogens (primary N) is 1. The molecule has 0 saturated heterocycles. The third-order valence-corrected chi connectivity index (χ3v) is 2.40. The van der Waals surface area contributed by atoms with Gasteiger partial charge in [0.25, 0.3) is 0 Å². The van der Waals surface area contributed by atoms with Crippen LogP contribution in [-0.4, -0.2) is 10.9 Å². The van der Waals surface area contributed by atoms with Crippen LogP contribution in [0.3, 0.4) is 0 Å². The Bertz CT molecular complexity index is 373. The molecule has 0 saturated carbocycles. The fraction of sp³-hybridized carbons (Fsp3) is 0.333. The molecule has 3 N–H and O–H groups in total. The molecule has 0 aromatic heterocycles. The fourth-order valence-corrected chi connectivity index (χ4v) is 1.45. The van der Waals surface area contributed by atoms with E-state index in [-0.39, 0.29) is 17.3 Å². The van der Waals surface area contributed by atoms with Crippen LogP contribution in [0.25, 0.3) is 0 Å². The van der Waals surface area contributed by atoms with Crippen molar-refractivity contribution in [3.63, 3.8) is 0 Å². The molecule has 0 aliphatic heterocycles. The monoisotopic (exact) mass is 236 g/mol. The van der Waals surface area contributed by atoms with Gasteiger partial charge in [-0.2, -0.15) is 0 Å². The molecule has 0 bridgehead atoms. The van der Waals surface area contributed by atoms with Crippen LogP contribution in [0.1, 0.15) is 24.5 Å². The van der Waals surface area contributed by atoms with Crippen LogP contribution in [0.4, 0.5) is 0 Å². The first kappa shape index (κ1) is 12.6. The normalized spacial score (nSPS) is 9.81. The lowest BCUT2D eigenvalue weighted by Crippen LogP contribution is -2.27. The predicted molar refractivity (Wildman–Crippen MR) is 69.1 cm³/mol. The molecular formula is C12H16N2OS. The smallest absolute Gasteiger partial charge is 0.227 e. The summed E-state index contributed by atoms with van der Waals surface area (Å²) in [5, 5.41) is 2.76. The lowest BCUT2D eigenvalue weighted by Gasteiger charge is -2.05. The summed E-state index contributed by atoms with van der Waals surface area (Å²) >= 11 is 4.65. The minimum absolute atomic E-state index is 0.113. The topological polar surface area (TPSA) is 55.1 Å². The first-order valence-corrected chi connectivity index (χ1v) is 5.65. The van der Waals surface area contributed by atoms with Gasteiger partial charge in [-0.05, 0) is 17.5 Å². The zero-order valence-corrected chi connectivity index (χ0v) is 10.1. The van der Waals surface area contributed by atoms with Crippen molar-refractivity contribution in [3.8, 4) is 0 Å². The van der Waals surface area contributed by atoms with E-state index < -0.39 is 0 Å². The zero-order chi connectivity index (χ0) is 12.0. The maximum absolute atomic E-state index is 11.3. The molecule has 0 radical (unpaired) electrons. The number of carbonyl (C=O) groups is 1. The number of aryl methyl sites for hydroxylation is 1. The molecule has 0 atom stereocenters. The lowest BCUT2D eigenvalue weighted by molar-refractivity contribution is -0.120. The van der Waals surface area contributed by atoms with E-state index >= 15 is 0 Å². The van der Waals surface area contributed by atoms with Crippen molar-refractivity contribution in [2.75, 3.05) is 0 Å². The van der Waals surface area contributed by atoms with Gasteiger partial charge in [-0.3, -0.25) is 4.79 Å². The summed E-state index contributed by atoms with van der Waals surface area (Å²) in [6.07, 6.45) is 1.14. The second kappa shape index (κ2) is 6.23. The lowest BCUT2D eigenvalue weighted by atomic mass is 10.1. The Balaban J connectivity index is 2.42. The van der Waals surface area contributed by atoms with Crippen molar-refractivity contribution in [1.29, 1.82) is 0 Å². The third kappa shape index (κ3) is 4.40. The second-order valence-corrected chi connectivity index (χ2v) is 4.11. The molecule has 4 heteroatoms. The van der Waals surface area contributed by atoms with Gasteiger partial charge in [0.2, 0.25) is 5.91 Å². The summed E-state index contributed by atoms with van der Waals surface area (Å²) in [6.45, 7) is 2.63. The van der Waals surface area contributed by atoms with E-state index in [0.717, 1.165) is 12.0 Å². The van der Waals surface area contributed by atoms with Crippen molar-refractivity contribution in [2.45, 2.75) is 26.3 Å². The van der Waals surface area contributed by atoms with Gasteiger partial charge in [0.05, 0.1) is 11.4 Å². The molecule has 0 heterocycles. The van der Waals surface area contributed by atoms with Gasteiger partial charge in [0.1, 0.15) is 0 Å². The molecule has 1 rings (SSSR count). The number of amides is 1. The Morgan fingerprint density at radius 3 is 2.38 bits per heavy atom. The molecule has 16 heavy (non-hydrogen) atoms. The Kier molecular flexibility index (Phi) is 4.92. The molecule has 0 aliphatic carbocycles. The Morgan fingerprint density at radius 1 is 1.31 bits per heavy atom. The van der Waals surface area contributed by atoms with Gasteiger partial charge in [-0.15, -0.1) is 0 Å². The van der Waals surface area contributed by atoms with E-state index in [4.69, 9.17) is 5.73 Å². The van der Waals surface area contributed by atoms with Crippen molar-refractivity contribution in [1.82, 2.24) is 5.32 Å². The van der Waals surface area contributed by atoms with E-state index in [9.17, 15) is 4.79 Å². The summed E-state index contributed by atoms with van der Waals surface area (Å²) < 4.78 is 0. The van der Waals surface area contributed by atoms with Crippen molar-refractivity contribution in [3.05, 3.63) is 35.4 Å². The van der Waals surface area contributed by atoms with E-state index in [1.807, 2.05) is 12.1 Å². The molecular weight excluding hydrogens is 220 g/mol. The fourth-order valence-electron chi connectivity index (χ4n) is 1.31. The average Bonchev–Trinajstić information content (AvgIpc) is 2.26. The molecule has 3 nitrogen and oxygen atoms in total. The number of hydrogen-bond donors (Lipinski definition) is 2. The van der Waals surface area contributed by atoms with Crippen LogP contribution in [0, 0.1) is 0 Å². The summed E-state index contributed by atoms with van der Waals surface area (Å²) in [5.74, 6) is -0.132. The number of thiocarbonyl (C=S) groups is 1. The summed E-state index contributed by atoms with van der Waals surface area (Å²) in [5.41, 5.74) is 7.64. The summed E-state index contributed by atoms with van der Waals surface area (Å²) in [6, 6.07) is 8.16. The quantitative estimate of drug-likeness (QED) is 0.763. The summed E-state index contributed by atoms with van der Waals surface area (Å²) in [4.78, 5) is 11.5. The average molecular weight is 236 g/mol. The van der Waals surface area contributed by atoms with Gasteiger partial charge in [0.15, 0.2) is 0 Å². The van der Waals surface area contributed by atoms with Crippen LogP contribution in [0.2, 0.25) is 0 Å². The van der Waals surface area contributed by atoms with Crippen LogP contribution in [-0.2, 0) is 17.8 Å². The molecule has 0 fully saturated rings. The molecule has 1 aromatic carbocycles. The Hall–Kier alpha value is -1.42. The minimum atomic E-state index is -0.132. The number of hydrogen-bond acceptors (Lipinski definition) is 2. The first-order chi connectivity index (χ1) is 7.61. The molecule has 86 valence electrons. The number of nitrogens with one attached hydrogen (secondary N) is 1. The van der Waals surface area contributed by atoms with E-state index in [2.05, 4.69) is 36.6 Å². The number of benzene rings is 1. The highest BCUT2D eigenvalue weighted by Crippen LogP contribution is 2.04. The zero-order valence-electron chi connectivity index (χ0n) is 9.32. The van der Waals surface area contributed by atoms with Crippen molar-refractivity contribution >= 4 is 23.1 Å². The van der Waals surface area contributed by atoms with Gasteiger partial charge in [0, 0.05) is 6.54 Å². The highest BCUT2D eigenvalue weighted by atomic mass is 32.1. The van der Waals surface area contributed by atoms with Crippen LogP contribution in [0.15, 0.2) is 24.3 Å². The first-order valence-electron chi connectivity index (χ1n) is 5.24. The Morgan fingerprint density at radius 2 is 1.88 bits per heavy atom. The molecule has 0 unspecified atom stereocenters. The van der Waals surface area contributed by atoms with E-state index in [0.29, 0.717) is 6.54 Å². The predicted octanol–water partition coefficient (Wildman–Crippen LogP) is 1.54. The van der Waals surface area contributed by atoms with Crippen LogP contribution < -0.4 is 11.1 Å². The standard InChI is InChI=1S/C12H16N2OS/c1-2-9-3-5-10(6-4-9)8-14-12(15)7-11(13)16/h3-6H,2,7-8H2,1H3,(H2,13,16)(H,14,15). The second-order valence-electron chi connectivity index (χ2n) is 3.59. The highest BCUT2D eigenvalue weighted by molar-refractivity contribution is 7.80. The SMILES string of the molecule is CCc1ccc(CNC(=O)CC(N)=S)cc1. The maximum Gasteiger partial charge on any atom is 0.227 e. The summed E-state index contributed by atoms with van der Waals surface area (Å²) in [7, 11) is 0. The minimum Gasteiger partial charge on any atom is -0.393 e. The molecule has 1 aromatic rings. The van der Waals surface area contributed by atoms with Gasteiger partial charge in [-0.1, -0.05) is 43.4 Å². The molecule has 0 aliphatic rings. The van der Waals surface area contributed by atoms with Crippen molar-refractivity contribution < 1.29 is 4.79 Å². The van der Waals surface area contributed by atoms with Crippen LogP contribution >= 0.6 is 12.2 Å². The van der Waals surface area contributed by atoms with E-state index in [1.54, 1.807) is 0 Å². The Labute approximate surface area is 101 Å². The maximum atomic E-state index is 11.3. The van der Waals surface area contributed by atoms with Gasteiger partial charge >= 0.3 is 0 Å². The largest absolute Gasteiger partial charge is 0.393 e. The van der Waals surface area contributed by atoms with Gasteiger partial charge < -0.3 is 11.1 Å². The number of carbonyl (C=O) groups excluding carboxylic acids is 1. The molecule has 0 spiro atoms. The van der Waals surface area contributed by atoms with Crippen LogP contribution in [0.5, 0.6) is 0 Å². The highest BCUT2D eigenvalue weighted by Gasteiger charge is 2.02. The number of rotatable bonds is 5. The van der Waals surface area contributed by atoms with E-state index in [1.165, 1.54) is 5.56 Å². The molecule has 1 amide bonds. The van der Waals surface area contributed by atoms with Gasteiger partial charge in [-0.25, -0.2) is 0 Å².